The fourth-order valence-electron chi connectivity index (χ4n) is 4.01. The molecule has 1 aliphatic heterocycles. The molecule has 0 radical (unpaired) electrons. The van der Waals surface area contributed by atoms with Gasteiger partial charge in [-0.1, -0.05) is 13.8 Å². The van der Waals surface area contributed by atoms with Crippen LogP contribution in [0.25, 0.3) is 0 Å². The molecule has 0 aromatic carbocycles. The van der Waals surface area contributed by atoms with Gasteiger partial charge in [0.25, 0.3) is 0 Å². The van der Waals surface area contributed by atoms with E-state index in [1.54, 1.807) is 6.92 Å². The topological polar surface area (TPSA) is 78.9 Å². The summed E-state index contributed by atoms with van der Waals surface area (Å²) in [5, 5.41) is 0. The highest BCUT2D eigenvalue weighted by molar-refractivity contribution is 5.83. The Labute approximate surface area is 123 Å². The van der Waals surface area contributed by atoms with Gasteiger partial charge >= 0.3 is 17.9 Å². The first-order chi connectivity index (χ1) is 9.99. The van der Waals surface area contributed by atoms with Crippen LogP contribution in [-0.2, 0) is 28.6 Å². The number of ether oxygens (including phenoxy) is 3. The van der Waals surface area contributed by atoms with E-state index in [9.17, 15) is 14.4 Å². The molecule has 6 heteroatoms. The van der Waals surface area contributed by atoms with E-state index in [-0.39, 0.29) is 35.7 Å². The molecule has 0 aromatic rings. The van der Waals surface area contributed by atoms with E-state index in [1.807, 2.05) is 6.92 Å². The molecule has 21 heavy (non-hydrogen) atoms. The van der Waals surface area contributed by atoms with E-state index in [4.69, 9.17) is 14.2 Å². The highest BCUT2D eigenvalue weighted by Gasteiger charge is 2.70. The Morgan fingerprint density at radius 1 is 1.38 bits per heavy atom. The highest BCUT2D eigenvalue weighted by atomic mass is 16.6. The summed E-state index contributed by atoms with van der Waals surface area (Å²) in [4.78, 5) is 36.0. The molecule has 7 atom stereocenters. The molecule has 3 rings (SSSR count). The minimum absolute atomic E-state index is 0.0265. The van der Waals surface area contributed by atoms with Crippen LogP contribution in [0.2, 0.25) is 0 Å². The summed E-state index contributed by atoms with van der Waals surface area (Å²) in [5.74, 6) is -2.36. The molecule has 7 unspecified atom stereocenters. The van der Waals surface area contributed by atoms with Crippen LogP contribution in [0.5, 0.6) is 0 Å². The second-order valence-corrected chi connectivity index (χ2v) is 6.25. The molecule has 1 saturated heterocycles. The van der Waals surface area contributed by atoms with Crippen LogP contribution in [0.15, 0.2) is 0 Å². The number of carbonyl (C=O) groups excluding carboxylic acids is 3. The summed E-state index contributed by atoms with van der Waals surface area (Å²) in [5.41, 5.74) is 0. The summed E-state index contributed by atoms with van der Waals surface area (Å²) in [6.45, 7) is 3.70. The Kier molecular flexibility index (Phi) is 3.42. The molecule has 1 heterocycles. The van der Waals surface area contributed by atoms with Crippen molar-refractivity contribution in [1.82, 2.24) is 0 Å². The largest absolute Gasteiger partial charge is 0.469 e. The average Bonchev–Trinajstić information content (AvgIpc) is 3.07. The van der Waals surface area contributed by atoms with Crippen molar-refractivity contribution in [3.8, 4) is 0 Å². The van der Waals surface area contributed by atoms with Crippen molar-refractivity contribution in [3.63, 3.8) is 0 Å². The van der Waals surface area contributed by atoms with Crippen molar-refractivity contribution in [1.29, 1.82) is 0 Å². The molecule has 6 nitrogen and oxygen atoms in total. The first kappa shape index (κ1) is 14.4. The number of esters is 3. The van der Waals surface area contributed by atoms with Gasteiger partial charge in [0.05, 0.1) is 13.0 Å². The van der Waals surface area contributed by atoms with Crippen LogP contribution >= 0.6 is 0 Å². The van der Waals surface area contributed by atoms with Gasteiger partial charge in [-0.15, -0.1) is 0 Å². The van der Waals surface area contributed by atoms with Gasteiger partial charge in [-0.05, 0) is 12.8 Å². The minimum atomic E-state index is -0.549. The Morgan fingerprint density at radius 2 is 2.10 bits per heavy atom. The lowest BCUT2D eigenvalue weighted by Gasteiger charge is -2.30. The predicted octanol–water partition coefficient (Wildman–Crippen LogP) is 0.925. The molecule has 116 valence electrons. The van der Waals surface area contributed by atoms with Gasteiger partial charge in [-0.25, -0.2) is 0 Å². The van der Waals surface area contributed by atoms with Gasteiger partial charge in [0.2, 0.25) is 0 Å². The maximum Gasteiger partial charge on any atom is 0.313 e. The summed E-state index contributed by atoms with van der Waals surface area (Å²) >= 11 is 0. The fourth-order valence-corrected chi connectivity index (χ4v) is 4.01. The van der Waals surface area contributed by atoms with Crippen molar-refractivity contribution in [3.05, 3.63) is 0 Å². The van der Waals surface area contributed by atoms with E-state index in [1.165, 1.54) is 7.11 Å². The Bertz CT molecular complexity index is 487. The number of carbonyl (C=O) groups is 3. The molecule has 0 spiro atoms. The quantitative estimate of drug-likeness (QED) is 0.567. The Morgan fingerprint density at radius 3 is 2.71 bits per heavy atom. The van der Waals surface area contributed by atoms with Gasteiger partial charge in [0.15, 0.2) is 0 Å². The van der Waals surface area contributed by atoms with Gasteiger partial charge in [0.1, 0.15) is 24.0 Å². The van der Waals surface area contributed by atoms with Crippen LogP contribution in [-0.4, -0.2) is 37.2 Å². The molecule has 2 saturated carbocycles. The van der Waals surface area contributed by atoms with Gasteiger partial charge in [-0.3, -0.25) is 14.4 Å². The number of hydrogen-bond acceptors (Lipinski definition) is 6. The van der Waals surface area contributed by atoms with Crippen molar-refractivity contribution >= 4 is 17.9 Å². The number of rotatable bonds is 4. The zero-order chi connectivity index (χ0) is 15.3. The van der Waals surface area contributed by atoms with Crippen LogP contribution in [0.1, 0.15) is 26.7 Å². The lowest BCUT2D eigenvalue weighted by molar-refractivity contribution is -0.165. The number of fused-ring (bicyclic) bond motifs is 1. The van der Waals surface area contributed by atoms with Crippen molar-refractivity contribution in [2.75, 3.05) is 7.11 Å². The van der Waals surface area contributed by atoms with E-state index in [0.29, 0.717) is 12.8 Å². The Balaban J connectivity index is 1.83. The summed E-state index contributed by atoms with van der Waals surface area (Å²) < 4.78 is 15.7. The zero-order valence-corrected chi connectivity index (χ0v) is 12.4. The van der Waals surface area contributed by atoms with E-state index in [2.05, 4.69) is 0 Å². The molecular formula is C15H20O6. The van der Waals surface area contributed by atoms with Crippen molar-refractivity contribution in [2.45, 2.75) is 38.9 Å². The summed E-state index contributed by atoms with van der Waals surface area (Å²) in [6, 6.07) is 0. The SMILES string of the molecule is CCC(C)C(=O)OC1C2CC3C(OC(=O)C31)C2C(=O)OC. The molecule has 0 amide bonds. The minimum Gasteiger partial charge on any atom is -0.469 e. The van der Waals surface area contributed by atoms with E-state index in [0.717, 1.165) is 0 Å². The second-order valence-electron chi connectivity index (χ2n) is 6.25. The molecule has 2 aliphatic carbocycles. The van der Waals surface area contributed by atoms with Crippen LogP contribution in [0.4, 0.5) is 0 Å². The van der Waals surface area contributed by atoms with Crippen molar-refractivity contribution in [2.24, 2.45) is 29.6 Å². The van der Waals surface area contributed by atoms with Gasteiger partial charge in [-0.2, -0.15) is 0 Å². The first-order valence-corrected chi connectivity index (χ1v) is 7.48. The molecule has 0 N–H and O–H groups in total. The highest BCUT2D eigenvalue weighted by Crippen LogP contribution is 2.58. The third kappa shape index (κ3) is 1.95. The van der Waals surface area contributed by atoms with Crippen LogP contribution < -0.4 is 0 Å². The molecule has 2 bridgehead atoms. The first-order valence-electron chi connectivity index (χ1n) is 7.48. The standard InChI is InChI=1S/C15H20O6/c1-4-6(2)13(16)20-12-7-5-8-10(12)15(18)21-11(8)9(7)14(17)19-3/h6-12H,4-5H2,1-3H3. The number of methoxy groups -OCH3 is 1. The molecular weight excluding hydrogens is 276 g/mol. The van der Waals surface area contributed by atoms with Crippen molar-refractivity contribution < 1.29 is 28.6 Å². The lowest BCUT2D eigenvalue weighted by Crippen LogP contribution is -2.43. The van der Waals surface area contributed by atoms with Crippen LogP contribution in [0, 0.1) is 29.6 Å². The third-order valence-corrected chi connectivity index (χ3v) is 5.28. The third-order valence-electron chi connectivity index (χ3n) is 5.28. The molecule has 0 aromatic heterocycles. The van der Waals surface area contributed by atoms with Crippen LogP contribution in [0.3, 0.4) is 0 Å². The second kappa shape index (κ2) is 5.00. The average molecular weight is 296 g/mol. The monoisotopic (exact) mass is 296 g/mol. The van der Waals surface area contributed by atoms with E-state index < -0.39 is 24.0 Å². The van der Waals surface area contributed by atoms with Gasteiger partial charge in [0, 0.05) is 11.8 Å². The van der Waals surface area contributed by atoms with Gasteiger partial charge < -0.3 is 14.2 Å². The normalized spacial score (nSPS) is 40.8. The maximum atomic E-state index is 12.0. The summed E-state index contributed by atoms with van der Waals surface area (Å²) in [6.07, 6.45) is 0.405. The Hall–Kier alpha value is -1.59. The lowest BCUT2D eigenvalue weighted by atomic mass is 9.80. The zero-order valence-electron chi connectivity index (χ0n) is 12.4. The number of hydrogen-bond donors (Lipinski definition) is 0. The maximum absolute atomic E-state index is 12.0. The molecule has 3 fully saturated rings. The predicted molar refractivity (Wildman–Crippen MR) is 69.8 cm³/mol. The smallest absolute Gasteiger partial charge is 0.313 e. The van der Waals surface area contributed by atoms with E-state index >= 15 is 0 Å². The molecule has 3 aliphatic rings. The fraction of sp³-hybridized carbons (Fsp3) is 0.800. The summed E-state index contributed by atoms with van der Waals surface area (Å²) in [7, 11) is 1.32.